The molecule has 0 aliphatic heterocycles. The number of amides is 3. The van der Waals surface area contributed by atoms with E-state index in [2.05, 4.69) is 16.0 Å². The Hall–Kier alpha value is -2.41. The summed E-state index contributed by atoms with van der Waals surface area (Å²) in [7, 11) is 0. The lowest BCUT2D eigenvalue weighted by Gasteiger charge is -2.19. The maximum Gasteiger partial charge on any atom is 0.247 e. The predicted molar refractivity (Wildman–Crippen MR) is 94.9 cm³/mol. The molecule has 138 valence electrons. The standard InChI is InChI=1S/C18H27N3O4/c1-4-25-11-5-10-19-18(24)17(15-8-6-13(2)7-9-15)21-16(23)12-20-14(3)22/h6-9,17H,4-5,10-12H2,1-3H3,(H,19,24)(H,20,22)(H,21,23)/t17-/m1/s1. The molecule has 0 unspecified atom stereocenters. The third-order valence-electron chi connectivity index (χ3n) is 3.44. The van der Waals surface area contributed by atoms with Crippen LogP contribution in [0.15, 0.2) is 24.3 Å². The van der Waals surface area contributed by atoms with E-state index in [1.54, 1.807) is 12.1 Å². The molecule has 3 N–H and O–H groups in total. The van der Waals surface area contributed by atoms with E-state index in [0.717, 1.165) is 5.56 Å². The lowest BCUT2D eigenvalue weighted by Crippen LogP contribution is -2.44. The molecule has 0 spiro atoms. The molecule has 0 aliphatic rings. The number of aryl methyl sites for hydroxylation is 1. The van der Waals surface area contributed by atoms with Gasteiger partial charge in [0.25, 0.3) is 0 Å². The molecule has 0 saturated carbocycles. The van der Waals surface area contributed by atoms with E-state index in [0.29, 0.717) is 31.7 Å². The molecule has 1 atom stereocenters. The first-order chi connectivity index (χ1) is 11.9. The zero-order valence-electron chi connectivity index (χ0n) is 15.1. The molecular formula is C18H27N3O4. The fourth-order valence-corrected chi connectivity index (χ4v) is 2.11. The molecule has 0 saturated heterocycles. The van der Waals surface area contributed by atoms with Crippen molar-refractivity contribution in [3.05, 3.63) is 35.4 Å². The molecule has 1 rings (SSSR count). The van der Waals surface area contributed by atoms with Gasteiger partial charge < -0.3 is 20.7 Å². The van der Waals surface area contributed by atoms with Crippen molar-refractivity contribution in [1.82, 2.24) is 16.0 Å². The Morgan fingerprint density at radius 1 is 1.12 bits per heavy atom. The van der Waals surface area contributed by atoms with Gasteiger partial charge in [-0.15, -0.1) is 0 Å². The fourth-order valence-electron chi connectivity index (χ4n) is 2.11. The van der Waals surface area contributed by atoms with E-state index in [9.17, 15) is 14.4 Å². The van der Waals surface area contributed by atoms with E-state index < -0.39 is 11.9 Å². The summed E-state index contributed by atoms with van der Waals surface area (Å²) in [5, 5.41) is 7.88. The van der Waals surface area contributed by atoms with Crippen molar-refractivity contribution in [1.29, 1.82) is 0 Å². The average Bonchev–Trinajstić information content (AvgIpc) is 2.58. The zero-order chi connectivity index (χ0) is 18.7. The minimum Gasteiger partial charge on any atom is -0.382 e. The van der Waals surface area contributed by atoms with Gasteiger partial charge in [0.2, 0.25) is 17.7 Å². The molecule has 0 aromatic heterocycles. The summed E-state index contributed by atoms with van der Waals surface area (Å²) in [6.45, 7) is 6.69. The van der Waals surface area contributed by atoms with Crippen molar-refractivity contribution in [2.24, 2.45) is 0 Å². The van der Waals surface area contributed by atoms with E-state index in [4.69, 9.17) is 4.74 Å². The molecule has 7 nitrogen and oxygen atoms in total. The van der Waals surface area contributed by atoms with E-state index in [1.807, 2.05) is 26.0 Å². The largest absolute Gasteiger partial charge is 0.382 e. The first-order valence-electron chi connectivity index (χ1n) is 8.39. The smallest absolute Gasteiger partial charge is 0.247 e. The zero-order valence-corrected chi connectivity index (χ0v) is 15.1. The van der Waals surface area contributed by atoms with E-state index in [1.165, 1.54) is 6.92 Å². The Morgan fingerprint density at radius 2 is 1.80 bits per heavy atom. The molecule has 3 amide bonds. The summed E-state index contributed by atoms with van der Waals surface area (Å²) in [6, 6.07) is 6.56. The summed E-state index contributed by atoms with van der Waals surface area (Å²) < 4.78 is 5.23. The van der Waals surface area contributed by atoms with Crippen LogP contribution in [-0.4, -0.2) is 44.0 Å². The minimum atomic E-state index is -0.811. The maximum atomic E-state index is 12.5. The molecule has 1 aromatic rings. The van der Waals surface area contributed by atoms with Crippen molar-refractivity contribution in [2.75, 3.05) is 26.3 Å². The molecule has 7 heteroatoms. The molecular weight excluding hydrogens is 322 g/mol. The van der Waals surface area contributed by atoms with Crippen molar-refractivity contribution in [2.45, 2.75) is 33.2 Å². The second-order valence-electron chi connectivity index (χ2n) is 5.66. The number of nitrogens with one attached hydrogen (secondary N) is 3. The summed E-state index contributed by atoms with van der Waals surface area (Å²) >= 11 is 0. The molecule has 0 aliphatic carbocycles. The van der Waals surface area contributed by atoms with Gasteiger partial charge in [-0.1, -0.05) is 29.8 Å². The maximum absolute atomic E-state index is 12.5. The second kappa shape index (κ2) is 11.2. The van der Waals surface area contributed by atoms with Crippen molar-refractivity contribution in [3.8, 4) is 0 Å². The van der Waals surface area contributed by atoms with Crippen LogP contribution < -0.4 is 16.0 Å². The Bertz CT molecular complexity index is 572. The topological polar surface area (TPSA) is 96.5 Å². The van der Waals surface area contributed by atoms with Crippen LogP contribution in [-0.2, 0) is 19.1 Å². The van der Waals surface area contributed by atoms with Crippen LogP contribution in [0.1, 0.15) is 37.4 Å². The van der Waals surface area contributed by atoms with E-state index >= 15 is 0 Å². The van der Waals surface area contributed by atoms with Crippen LogP contribution in [0.5, 0.6) is 0 Å². The average molecular weight is 349 g/mol. The lowest BCUT2D eigenvalue weighted by atomic mass is 10.0. The third kappa shape index (κ3) is 8.30. The Labute approximate surface area is 148 Å². The highest BCUT2D eigenvalue weighted by atomic mass is 16.5. The fraction of sp³-hybridized carbons (Fsp3) is 0.500. The SMILES string of the molecule is CCOCCCNC(=O)[C@H](NC(=O)CNC(C)=O)c1ccc(C)cc1. The molecule has 25 heavy (non-hydrogen) atoms. The molecule has 0 bridgehead atoms. The van der Waals surface area contributed by atoms with Crippen molar-refractivity contribution >= 4 is 17.7 Å². The number of carbonyl (C=O) groups is 3. The quantitative estimate of drug-likeness (QED) is 0.545. The van der Waals surface area contributed by atoms with Gasteiger partial charge in [0.1, 0.15) is 6.04 Å². The number of hydrogen-bond donors (Lipinski definition) is 3. The second-order valence-corrected chi connectivity index (χ2v) is 5.66. The van der Waals surface area contributed by atoms with Gasteiger partial charge in [-0.05, 0) is 25.8 Å². The van der Waals surface area contributed by atoms with Gasteiger partial charge in [0.05, 0.1) is 6.54 Å². The Morgan fingerprint density at radius 3 is 2.40 bits per heavy atom. The molecule has 0 radical (unpaired) electrons. The Kier molecular flexibility index (Phi) is 9.24. The Balaban J connectivity index is 2.70. The summed E-state index contributed by atoms with van der Waals surface area (Å²) in [5.74, 6) is -1.02. The van der Waals surface area contributed by atoms with Crippen LogP contribution in [0.4, 0.5) is 0 Å². The number of benzene rings is 1. The van der Waals surface area contributed by atoms with Crippen LogP contribution in [0, 0.1) is 6.92 Å². The highest BCUT2D eigenvalue weighted by molar-refractivity contribution is 5.90. The minimum absolute atomic E-state index is 0.171. The monoisotopic (exact) mass is 349 g/mol. The number of ether oxygens (including phenoxy) is 1. The first kappa shape index (κ1) is 20.6. The van der Waals surface area contributed by atoms with E-state index in [-0.39, 0.29) is 18.4 Å². The van der Waals surface area contributed by atoms with Crippen LogP contribution in [0.3, 0.4) is 0 Å². The van der Waals surface area contributed by atoms with Crippen molar-refractivity contribution < 1.29 is 19.1 Å². The normalized spacial score (nSPS) is 11.5. The highest BCUT2D eigenvalue weighted by Gasteiger charge is 2.22. The number of rotatable bonds is 10. The number of hydrogen-bond acceptors (Lipinski definition) is 4. The van der Waals surface area contributed by atoms with Crippen molar-refractivity contribution in [3.63, 3.8) is 0 Å². The van der Waals surface area contributed by atoms with Gasteiger partial charge >= 0.3 is 0 Å². The van der Waals surface area contributed by atoms with Crippen LogP contribution >= 0.6 is 0 Å². The third-order valence-corrected chi connectivity index (χ3v) is 3.44. The summed E-state index contributed by atoms with van der Waals surface area (Å²) in [4.78, 5) is 35.4. The molecule has 0 heterocycles. The lowest BCUT2D eigenvalue weighted by molar-refractivity contribution is -0.129. The summed E-state index contributed by atoms with van der Waals surface area (Å²) in [5.41, 5.74) is 1.74. The van der Waals surface area contributed by atoms with Gasteiger partial charge in [-0.2, -0.15) is 0 Å². The van der Waals surface area contributed by atoms with Crippen LogP contribution in [0.25, 0.3) is 0 Å². The first-order valence-corrected chi connectivity index (χ1v) is 8.39. The summed E-state index contributed by atoms with van der Waals surface area (Å²) in [6.07, 6.45) is 0.694. The van der Waals surface area contributed by atoms with Gasteiger partial charge in [-0.25, -0.2) is 0 Å². The van der Waals surface area contributed by atoms with Gasteiger partial charge in [-0.3, -0.25) is 14.4 Å². The molecule has 1 aromatic carbocycles. The highest BCUT2D eigenvalue weighted by Crippen LogP contribution is 2.14. The van der Waals surface area contributed by atoms with Crippen LogP contribution in [0.2, 0.25) is 0 Å². The molecule has 0 fully saturated rings. The predicted octanol–water partition coefficient (Wildman–Crippen LogP) is 0.831. The number of carbonyl (C=O) groups excluding carboxylic acids is 3. The van der Waals surface area contributed by atoms with Gasteiger partial charge in [0, 0.05) is 26.7 Å². The van der Waals surface area contributed by atoms with Gasteiger partial charge in [0.15, 0.2) is 0 Å².